The van der Waals surface area contributed by atoms with E-state index in [0.29, 0.717) is 5.52 Å². The number of aliphatic hydroxyl groups excluding tert-OH is 1. The minimum absolute atomic E-state index is 0.205. The Morgan fingerprint density at radius 1 is 1.45 bits per heavy atom. The number of nitrogens with one attached hydrogen (secondary N) is 1. The van der Waals surface area contributed by atoms with Crippen LogP contribution < -0.4 is 5.32 Å². The molecule has 1 aliphatic heterocycles. The quantitative estimate of drug-likeness (QED) is 0.899. The summed E-state index contributed by atoms with van der Waals surface area (Å²) in [4.78, 5) is 4.22. The van der Waals surface area contributed by atoms with Crippen LogP contribution in [-0.4, -0.2) is 33.3 Å². The molecule has 1 fully saturated rings. The van der Waals surface area contributed by atoms with Gasteiger partial charge in [0.1, 0.15) is 5.82 Å². The molecule has 108 valence electrons. The first-order chi connectivity index (χ1) is 9.74. The van der Waals surface area contributed by atoms with Gasteiger partial charge in [0.05, 0.1) is 23.5 Å². The van der Waals surface area contributed by atoms with Crippen LogP contribution in [0, 0.1) is 5.82 Å². The van der Waals surface area contributed by atoms with Gasteiger partial charge in [0.25, 0.3) is 0 Å². The van der Waals surface area contributed by atoms with Gasteiger partial charge < -0.3 is 15.0 Å². The highest BCUT2D eigenvalue weighted by molar-refractivity contribution is 5.75. The Balaban J connectivity index is 1.59. The van der Waals surface area contributed by atoms with Gasteiger partial charge >= 0.3 is 0 Å². The monoisotopic (exact) mass is 277 g/mol. The number of aromatic nitrogens is 2. The van der Waals surface area contributed by atoms with Gasteiger partial charge in [-0.25, -0.2) is 9.37 Å². The number of nitrogens with zero attached hydrogens (tertiary/aromatic N) is 2. The fourth-order valence-corrected chi connectivity index (χ4v) is 2.93. The van der Waals surface area contributed by atoms with Crippen molar-refractivity contribution in [2.24, 2.45) is 0 Å². The van der Waals surface area contributed by atoms with E-state index in [9.17, 15) is 9.50 Å². The van der Waals surface area contributed by atoms with E-state index in [1.165, 1.54) is 12.1 Å². The molecule has 1 aliphatic rings. The number of benzene rings is 1. The minimum Gasteiger partial charge on any atom is -0.392 e. The van der Waals surface area contributed by atoms with Crippen molar-refractivity contribution in [1.82, 2.24) is 14.9 Å². The molecule has 0 aliphatic carbocycles. The molecule has 4 nitrogen and oxygen atoms in total. The summed E-state index contributed by atoms with van der Waals surface area (Å²) in [6.07, 6.45) is 5.40. The molecule has 0 radical (unpaired) electrons. The van der Waals surface area contributed by atoms with E-state index in [1.807, 2.05) is 4.57 Å². The molecule has 2 heterocycles. The number of piperidine rings is 1. The summed E-state index contributed by atoms with van der Waals surface area (Å²) >= 11 is 0. The van der Waals surface area contributed by atoms with Crippen molar-refractivity contribution in [3.63, 3.8) is 0 Å². The first-order valence-electron chi connectivity index (χ1n) is 7.26. The SMILES string of the molecule is O[C@H]1CCCN[C@@H]1CCCn1cnc2cc(F)ccc21. The normalized spacial score (nSPS) is 23.3. The Kier molecular flexibility index (Phi) is 3.98. The van der Waals surface area contributed by atoms with Gasteiger partial charge in [-0.1, -0.05) is 0 Å². The highest BCUT2D eigenvalue weighted by Gasteiger charge is 2.21. The highest BCUT2D eigenvalue weighted by atomic mass is 19.1. The number of rotatable bonds is 4. The molecule has 2 N–H and O–H groups in total. The first kappa shape index (κ1) is 13.5. The van der Waals surface area contributed by atoms with Crippen LogP contribution in [0.5, 0.6) is 0 Å². The standard InChI is InChI=1S/C15H20FN3O/c16-11-5-6-14-13(9-11)18-10-19(14)8-2-3-12-15(20)4-1-7-17-12/h5-6,9-10,12,15,17,20H,1-4,7-8H2/t12-,15+/m1/s1. The Labute approximate surface area is 117 Å². The van der Waals surface area contributed by atoms with Gasteiger partial charge in [0, 0.05) is 18.7 Å². The summed E-state index contributed by atoms with van der Waals surface area (Å²) in [5, 5.41) is 13.3. The molecule has 1 aromatic heterocycles. The Morgan fingerprint density at radius 3 is 3.20 bits per heavy atom. The third-order valence-electron chi connectivity index (χ3n) is 4.04. The molecule has 1 saturated heterocycles. The molecule has 0 bridgehead atoms. The molecule has 2 atom stereocenters. The molecule has 0 unspecified atom stereocenters. The predicted octanol–water partition coefficient (Wildman–Crippen LogP) is 2.07. The number of aryl methyl sites for hydroxylation is 1. The van der Waals surface area contributed by atoms with Crippen molar-refractivity contribution < 1.29 is 9.50 Å². The van der Waals surface area contributed by atoms with Gasteiger partial charge in [-0.2, -0.15) is 0 Å². The van der Waals surface area contributed by atoms with Crippen molar-refractivity contribution in [2.45, 2.75) is 44.4 Å². The topological polar surface area (TPSA) is 50.1 Å². The summed E-state index contributed by atoms with van der Waals surface area (Å²) in [6.45, 7) is 1.84. The minimum atomic E-state index is -0.253. The zero-order valence-corrected chi connectivity index (χ0v) is 11.4. The van der Waals surface area contributed by atoms with E-state index >= 15 is 0 Å². The zero-order valence-electron chi connectivity index (χ0n) is 11.4. The van der Waals surface area contributed by atoms with Crippen LogP contribution in [0.2, 0.25) is 0 Å². The second-order valence-corrected chi connectivity index (χ2v) is 5.48. The zero-order chi connectivity index (χ0) is 13.9. The van der Waals surface area contributed by atoms with Crippen LogP contribution in [0.25, 0.3) is 11.0 Å². The molecule has 1 aromatic carbocycles. The average molecular weight is 277 g/mol. The lowest BCUT2D eigenvalue weighted by molar-refractivity contribution is 0.0909. The van der Waals surface area contributed by atoms with Crippen molar-refractivity contribution in [2.75, 3.05) is 6.54 Å². The third-order valence-corrected chi connectivity index (χ3v) is 4.04. The molecule has 0 spiro atoms. The summed E-state index contributed by atoms with van der Waals surface area (Å²) in [5.41, 5.74) is 1.66. The molecule has 5 heteroatoms. The summed E-state index contributed by atoms with van der Waals surface area (Å²) in [7, 11) is 0. The number of aliphatic hydroxyl groups is 1. The number of hydrogen-bond donors (Lipinski definition) is 2. The molecule has 20 heavy (non-hydrogen) atoms. The first-order valence-corrected chi connectivity index (χ1v) is 7.26. The molecule has 3 rings (SSSR count). The van der Waals surface area contributed by atoms with Crippen LogP contribution in [0.15, 0.2) is 24.5 Å². The van der Waals surface area contributed by atoms with Crippen LogP contribution >= 0.6 is 0 Å². The number of hydrogen-bond acceptors (Lipinski definition) is 3. The van der Waals surface area contributed by atoms with Crippen molar-refractivity contribution in [3.05, 3.63) is 30.3 Å². The molecule has 2 aromatic rings. The van der Waals surface area contributed by atoms with Crippen LogP contribution in [0.1, 0.15) is 25.7 Å². The smallest absolute Gasteiger partial charge is 0.125 e. The largest absolute Gasteiger partial charge is 0.392 e. The van der Waals surface area contributed by atoms with Crippen molar-refractivity contribution in [1.29, 1.82) is 0 Å². The van der Waals surface area contributed by atoms with Gasteiger partial charge in [-0.15, -0.1) is 0 Å². The van der Waals surface area contributed by atoms with E-state index < -0.39 is 0 Å². The maximum atomic E-state index is 13.1. The summed E-state index contributed by atoms with van der Waals surface area (Å²) < 4.78 is 15.1. The third kappa shape index (κ3) is 2.83. The van der Waals surface area contributed by atoms with Crippen LogP contribution in [-0.2, 0) is 6.54 Å². The second kappa shape index (κ2) is 5.89. The second-order valence-electron chi connectivity index (χ2n) is 5.48. The van der Waals surface area contributed by atoms with E-state index in [0.717, 1.165) is 44.3 Å². The molecule has 0 saturated carbocycles. The molecular weight excluding hydrogens is 257 g/mol. The fourth-order valence-electron chi connectivity index (χ4n) is 2.93. The Bertz CT molecular complexity index is 584. The van der Waals surface area contributed by atoms with Gasteiger partial charge in [0.2, 0.25) is 0 Å². The Morgan fingerprint density at radius 2 is 2.35 bits per heavy atom. The average Bonchev–Trinajstić information content (AvgIpc) is 2.83. The van der Waals surface area contributed by atoms with Crippen LogP contribution in [0.4, 0.5) is 4.39 Å². The summed E-state index contributed by atoms with van der Waals surface area (Å²) in [5.74, 6) is -0.253. The number of fused-ring (bicyclic) bond motifs is 1. The van der Waals surface area contributed by atoms with Crippen molar-refractivity contribution >= 4 is 11.0 Å². The number of halogens is 1. The Hall–Kier alpha value is -1.46. The number of imidazole rings is 1. The van der Waals surface area contributed by atoms with Gasteiger partial charge in [0.15, 0.2) is 0 Å². The lowest BCUT2D eigenvalue weighted by atomic mass is 9.97. The lowest BCUT2D eigenvalue weighted by Crippen LogP contribution is -2.44. The maximum absolute atomic E-state index is 13.1. The van der Waals surface area contributed by atoms with Crippen LogP contribution in [0.3, 0.4) is 0 Å². The van der Waals surface area contributed by atoms with E-state index in [4.69, 9.17) is 0 Å². The summed E-state index contributed by atoms with van der Waals surface area (Å²) in [6, 6.07) is 4.90. The van der Waals surface area contributed by atoms with Crippen molar-refractivity contribution in [3.8, 4) is 0 Å². The van der Waals surface area contributed by atoms with E-state index in [-0.39, 0.29) is 18.0 Å². The molecular formula is C15H20FN3O. The maximum Gasteiger partial charge on any atom is 0.125 e. The predicted molar refractivity (Wildman–Crippen MR) is 76.0 cm³/mol. The highest BCUT2D eigenvalue weighted by Crippen LogP contribution is 2.17. The van der Waals surface area contributed by atoms with Gasteiger partial charge in [-0.05, 0) is 44.4 Å². The van der Waals surface area contributed by atoms with E-state index in [1.54, 1.807) is 12.4 Å². The molecule has 0 amide bonds. The lowest BCUT2D eigenvalue weighted by Gasteiger charge is -2.29. The van der Waals surface area contributed by atoms with E-state index in [2.05, 4.69) is 10.3 Å². The van der Waals surface area contributed by atoms with Gasteiger partial charge in [-0.3, -0.25) is 0 Å². The fraction of sp³-hybridized carbons (Fsp3) is 0.533.